The first-order chi connectivity index (χ1) is 8.83. The van der Waals surface area contributed by atoms with Gasteiger partial charge in [0.2, 0.25) is 0 Å². The quantitative estimate of drug-likeness (QED) is 0.577. The van der Waals surface area contributed by atoms with Crippen LogP contribution in [0.3, 0.4) is 0 Å². The fourth-order valence-electron chi connectivity index (χ4n) is 1.72. The predicted octanol–water partition coefficient (Wildman–Crippen LogP) is 1.64. The Morgan fingerprint density at radius 1 is 1.50 bits per heavy atom. The van der Waals surface area contributed by atoms with Gasteiger partial charge in [-0.2, -0.15) is 0 Å². The van der Waals surface area contributed by atoms with Crippen LogP contribution in [0.4, 0.5) is 5.82 Å². The summed E-state index contributed by atoms with van der Waals surface area (Å²) in [5, 5.41) is 3.06. The van der Waals surface area contributed by atoms with Gasteiger partial charge in [-0.05, 0) is 19.3 Å². The molecule has 1 fully saturated rings. The number of halogens is 1. The lowest BCUT2D eigenvalue weighted by atomic mass is 10.4. The van der Waals surface area contributed by atoms with Crippen LogP contribution in [0, 0.1) is 0 Å². The van der Waals surface area contributed by atoms with Crippen LogP contribution in [0.25, 0.3) is 0 Å². The van der Waals surface area contributed by atoms with Gasteiger partial charge in [-0.1, -0.05) is 0 Å². The third-order valence-electron chi connectivity index (χ3n) is 2.79. The summed E-state index contributed by atoms with van der Waals surface area (Å²) >= 11 is 5.49. The van der Waals surface area contributed by atoms with E-state index in [9.17, 15) is 4.79 Å². The van der Waals surface area contributed by atoms with E-state index in [1.54, 1.807) is 17.0 Å². The van der Waals surface area contributed by atoms with Gasteiger partial charge >= 0.3 is 0 Å². The molecule has 1 aliphatic rings. The monoisotopic (exact) mass is 271 g/mol. The van der Waals surface area contributed by atoms with E-state index in [2.05, 4.69) is 10.3 Å². The second kappa shape index (κ2) is 6.75. The van der Waals surface area contributed by atoms with Crippen LogP contribution in [-0.2, 0) is 4.74 Å². The van der Waals surface area contributed by atoms with Crippen molar-refractivity contribution in [3.8, 4) is 0 Å². The molecule has 0 amide bonds. The molecular weight excluding hydrogens is 254 g/mol. The number of rotatable bonds is 8. The SMILES string of the molecule is O=c1c(NCCCOCCCl)nccn1C1CC1. The minimum absolute atomic E-state index is 0.0262. The largest absolute Gasteiger partial charge is 0.380 e. The van der Waals surface area contributed by atoms with Crippen molar-refractivity contribution in [2.45, 2.75) is 25.3 Å². The Kier molecular flexibility index (Phi) is 5.01. The molecule has 18 heavy (non-hydrogen) atoms. The maximum atomic E-state index is 12.0. The smallest absolute Gasteiger partial charge is 0.293 e. The Hall–Kier alpha value is -1.07. The van der Waals surface area contributed by atoms with E-state index < -0.39 is 0 Å². The normalized spacial score (nSPS) is 14.7. The van der Waals surface area contributed by atoms with E-state index in [0.29, 0.717) is 37.5 Å². The lowest BCUT2D eigenvalue weighted by molar-refractivity contribution is 0.149. The van der Waals surface area contributed by atoms with Crippen molar-refractivity contribution in [2.75, 3.05) is 31.0 Å². The minimum atomic E-state index is -0.0262. The van der Waals surface area contributed by atoms with Gasteiger partial charge in [0.1, 0.15) is 0 Å². The molecule has 1 heterocycles. The summed E-state index contributed by atoms with van der Waals surface area (Å²) in [6, 6.07) is 0.383. The highest BCUT2D eigenvalue weighted by Gasteiger charge is 2.25. The third kappa shape index (κ3) is 3.71. The number of nitrogens with one attached hydrogen (secondary N) is 1. The molecule has 0 unspecified atom stereocenters. The second-order valence-corrected chi connectivity index (χ2v) is 4.68. The van der Waals surface area contributed by atoms with Gasteiger partial charge in [-0.3, -0.25) is 4.79 Å². The Bertz CT molecular complexity index is 432. The van der Waals surface area contributed by atoms with Crippen molar-refractivity contribution >= 4 is 17.4 Å². The summed E-state index contributed by atoms with van der Waals surface area (Å²) in [5.74, 6) is 0.946. The molecule has 6 heteroatoms. The second-order valence-electron chi connectivity index (χ2n) is 4.30. The van der Waals surface area contributed by atoms with E-state index in [4.69, 9.17) is 16.3 Å². The first kappa shape index (κ1) is 13.4. The zero-order valence-corrected chi connectivity index (χ0v) is 11.0. The average molecular weight is 272 g/mol. The number of hydrogen-bond donors (Lipinski definition) is 1. The zero-order valence-electron chi connectivity index (χ0n) is 10.3. The van der Waals surface area contributed by atoms with Crippen LogP contribution in [-0.4, -0.2) is 35.2 Å². The van der Waals surface area contributed by atoms with E-state index >= 15 is 0 Å². The Morgan fingerprint density at radius 3 is 3.06 bits per heavy atom. The highest BCUT2D eigenvalue weighted by Crippen LogP contribution is 2.33. The van der Waals surface area contributed by atoms with Gasteiger partial charge in [0.25, 0.3) is 5.56 Å². The van der Waals surface area contributed by atoms with Gasteiger partial charge in [0.05, 0.1) is 6.61 Å². The average Bonchev–Trinajstić information content (AvgIpc) is 3.20. The summed E-state index contributed by atoms with van der Waals surface area (Å²) in [4.78, 5) is 16.1. The molecular formula is C12H18ClN3O2. The fraction of sp³-hybridized carbons (Fsp3) is 0.667. The summed E-state index contributed by atoms with van der Waals surface area (Å²) in [5.41, 5.74) is -0.0262. The number of aromatic nitrogens is 2. The lowest BCUT2D eigenvalue weighted by Crippen LogP contribution is -2.24. The van der Waals surface area contributed by atoms with Crippen molar-refractivity contribution in [1.82, 2.24) is 9.55 Å². The Balaban J connectivity index is 1.79. The van der Waals surface area contributed by atoms with Crippen molar-refractivity contribution in [2.24, 2.45) is 0 Å². The van der Waals surface area contributed by atoms with Crippen molar-refractivity contribution in [3.63, 3.8) is 0 Å². The van der Waals surface area contributed by atoms with Crippen LogP contribution in [0.5, 0.6) is 0 Å². The number of nitrogens with zero attached hydrogens (tertiary/aromatic N) is 2. The molecule has 0 saturated heterocycles. The first-order valence-electron chi connectivity index (χ1n) is 6.27. The predicted molar refractivity (Wildman–Crippen MR) is 71.4 cm³/mol. The summed E-state index contributed by atoms with van der Waals surface area (Å²) in [6.45, 7) is 1.89. The molecule has 1 saturated carbocycles. The maximum absolute atomic E-state index is 12.0. The molecule has 0 aliphatic heterocycles. The number of anilines is 1. The molecule has 5 nitrogen and oxygen atoms in total. The molecule has 1 aromatic rings. The molecule has 0 spiro atoms. The topological polar surface area (TPSA) is 56.1 Å². The van der Waals surface area contributed by atoms with Crippen LogP contribution >= 0.6 is 11.6 Å². The van der Waals surface area contributed by atoms with Gasteiger partial charge in [0, 0.05) is 37.5 Å². The summed E-state index contributed by atoms with van der Waals surface area (Å²) in [6.07, 6.45) is 6.45. The van der Waals surface area contributed by atoms with E-state index in [-0.39, 0.29) is 5.56 Å². The Morgan fingerprint density at radius 2 is 2.33 bits per heavy atom. The number of ether oxygens (including phenoxy) is 1. The highest BCUT2D eigenvalue weighted by molar-refractivity contribution is 6.17. The number of alkyl halides is 1. The van der Waals surface area contributed by atoms with Crippen molar-refractivity contribution in [3.05, 3.63) is 22.7 Å². The standard InChI is InChI=1S/C12H18ClN3O2/c13-4-9-18-8-1-5-14-11-12(17)16(7-6-15-11)10-2-3-10/h6-7,10H,1-5,8-9H2,(H,14,15). The summed E-state index contributed by atoms with van der Waals surface area (Å²) < 4.78 is 7.01. The van der Waals surface area contributed by atoms with E-state index in [1.807, 2.05) is 0 Å². The van der Waals surface area contributed by atoms with E-state index in [0.717, 1.165) is 19.3 Å². The van der Waals surface area contributed by atoms with Crippen LogP contribution in [0.2, 0.25) is 0 Å². The molecule has 100 valence electrons. The number of hydrogen-bond acceptors (Lipinski definition) is 4. The van der Waals surface area contributed by atoms with Gasteiger partial charge < -0.3 is 14.6 Å². The van der Waals surface area contributed by atoms with Crippen molar-refractivity contribution in [1.29, 1.82) is 0 Å². The molecule has 1 aromatic heterocycles. The molecule has 0 aromatic carbocycles. The van der Waals surface area contributed by atoms with Crippen LogP contribution in [0.1, 0.15) is 25.3 Å². The minimum Gasteiger partial charge on any atom is -0.380 e. The fourth-order valence-corrected chi connectivity index (χ4v) is 1.83. The lowest BCUT2D eigenvalue weighted by Gasteiger charge is -2.08. The molecule has 1 aliphatic carbocycles. The van der Waals surface area contributed by atoms with Gasteiger partial charge in [-0.15, -0.1) is 11.6 Å². The third-order valence-corrected chi connectivity index (χ3v) is 2.94. The molecule has 0 atom stereocenters. The van der Waals surface area contributed by atoms with Gasteiger partial charge in [-0.25, -0.2) is 4.98 Å². The zero-order chi connectivity index (χ0) is 12.8. The molecule has 1 N–H and O–H groups in total. The van der Waals surface area contributed by atoms with Crippen LogP contribution in [0.15, 0.2) is 17.2 Å². The Labute approximate surface area is 111 Å². The van der Waals surface area contributed by atoms with Crippen molar-refractivity contribution < 1.29 is 4.74 Å². The maximum Gasteiger partial charge on any atom is 0.293 e. The molecule has 0 radical (unpaired) electrons. The first-order valence-corrected chi connectivity index (χ1v) is 6.81. The summed E-state index contributed by atoms with van der Waals surface area (Å²) in [7, 11) is 0. The molecule has 0 bridgehead atoms. The van der Waals surface area contributed by atoms with Gasteiger partial charge in [0.15, 0.2) is 5.82 Å². The van der Waals surface area contributed by atoms with E-state index in [1.165, 1.54) is 0 Å². The highest BCUT2D eigenvalue weighted by atomic mass is 35.5. The van der Waals surface area contributed by atoms with Crippen LogP contribution < -0.4 is 10.9 Å². The molecule has 2 rings (SSSR count).